The van der Waals surface area contributed by atoms with E-state index in [4.69, 9.17) is 16.3 Å². The van der Waals surface area contributed by atoms with Gasteiger partial charge < -0.3 is 15.0 Å². The van der Waals surface area contributed by atoms with Crippen LogP contribution in [-0.2, 0) is 22.6 Å². The van der Waals surface area contributed by atoms with Gasteiger partial charge in [-0.15, -0.1) is 0 Å². The molecule has 0 spiro atoms. The summed E-state index contributed by atoms with van der Waals surface area (Å²) >= 11 is 5.95. The number of amides is 2. The average molecular weight is 479 g/mol. The molecule has 0 radical (unpaired) electrons. The van der Waals surface area contributed by atoms with Gasteiger partial charge in [-0.3, -0.25) is 9.59 Å². The second-order valence-electron chi connectivity index (χ2n) is 8.56. The fraction of sp³-hybridized carbons (Fsp3) is 0.286. The van der Waals surface area contributed by atoms with Crippen molar-refractivity contribution >= 4 is 23.4 Å². The highest BCUT2D eigenvalue weighted by Crippen LogP contribution is 2.19. The molecular weight excluding hydrogens is 448 g/mol. The summed E-state index contributed by atoms with van der Waals surface area (Å²) in [4.78, 5) is 28.5. The third kappa shape index (κ3) is 7.35. The molecule has 0 saturated heterocycles. The molecular formula is C28H31ClN2O3. The van der Waals surface area contributed by atoms with Crippen molar-refractivity contribution in [1.29, 1.82) is 0 Å². The molecule has 1 atom stereocenters. The number of rotatable bonds is 10. The first-order valence-electron chi connectivity index (χ1n) is 11.4. The summed E-state index contributed by atoms with van der Waals surface area (Å²) in [6, 6.07) is 23.7. The predicted octanol–water partition coefficient (Wildman–Crippen LogP) is 5.19. The third-order valence-electron chi connectivity index (χ3n) is 5.48. The van der Waals surface area contributed by atoms with Crippen LogP contribution in [0, 0.1) is 6.92 Å². The number of nitrogens with zero attached hydrogens (tertiary/aromatic N) is 1. The van der Waals surface area contributed by atoms with Gasteiger partial charge in [-0.25, -0.2) is 0 Å². The zero-order valence-corrected chi connectivity index (χ0v) is 20.6. The van der Waals surface area contributed by atoms with Crippen LogP contribution in [0.1, 0.15) is 30.5 Å². The molecule has 6 heteroatoms. The molecule has 3 aromatic carbocycles. The number of hydrogen-bond acceptors (Lipinski definition) is 3. The van der Waals surface area contributed by atoms with Gasteiger partial charge in [0.25, 0.3) is 5.91 Å². The molecule has 2 amide bonds. The lowest BCUT2D eigenvalue weighted by Gasteiger charge is -2.32. The molecule has 0 aliphatic rings. The lowest BCUT2D eigenvalue weighted by Crippen LogP contribution is -2.52. The molecule has 1 N–H and O–H groups in total. The standard InChI is InChI=1S/C28H31ClN2O3/c1-20(2)30-28(33)26(17-22-10-5-4-6-11-22)31(18-23-12-8-7-9-21(23)3)27(32)19-34-25-15-13-24(29)14-16-25/h4-16,20,26H,17-19H2,1-3H3,(H,30,33)/t26-/m1/s1. The van der Waals surface area contributed by atoms with Gasteiger partial charge >= 0.3 is 0 Å². The summed E-state index contributed by atoms with van der Waals surface area (Å²) in [6.45, 7) is 5.94. The molecule has 0 heterocycles. The lowest BCUT2D eigenvalue weighted by atomic mass is 10.0. The maximum absolute atomic E-state index is 13.5. The van der Waals surface area contributed by atoms with Crippen molar-refractivity contribution in [3.05, 3.63) is 101 Å². The Hall–Kier alpha value is -3.31. The smallest absolute Gasteiger partial charge is 0.261 e. The highest BCUT2D eigenvalue weighted by Gasteiger charge is 2.31. The number of nitrogens with one attached hydrogen (secondary N) is 1. The zero-order valence-electron chi connectivity index (χ0n) is 19.8. The highest BCUT2D eigenvalue weighted by molar-refractivity contribution is 6.30. The van der Waals surface area contributed by atoms with E-state index in [1.54, 1.807) is 29.2 Å². The monoisotopic (exact) mass is 478 g/mol. The van der Waals surface area contributed by atoms with E-state index in [0.717, 1.165) is 16.7 Å². The van der Waals surface area contributed by atoms with Gasteiger partial charge in [-0.05, 0) is 61.7 Å². The van der Waals surface area contributed by atoms with E-state index in [1.165, 1.54) is 0 Å². The summed E-state index contributed by atoms with van der Waals surface area (Å²) in [5.41, 5.74) is 3.02. The lowest BCUT2D eigenvalue weighted by molar-refractivity contribution is -0.143. The summed E-state index contributed by atoms with van der Waals surface area (Å²) < 4.78 is 5.75. The van der Waals surface area contributed by atoms with E-state index in [0.29, 0.717) is 23.7 Å². The van der Waals surface area contributed by atoms with Crippen LogP contribution in [0.4, 0.5) is 0 Å². The Balaban J connectivity index is 1.91. The van der Waals surface area contributed by atoms with Crippen LogP contribution in [0.15, 0.2) is 78.9 Å². The number of hydrogen-bond donors (Lipinski definition) is 1. The summed E-state index contributed by atoms with van der Waals surface area (Å²) in [7, 11) is 0. The topological polar surface area (TPSA) is 58.6 Å². The molecule has 0 saturated carbocycles. The molecule has 0 unspecified atom stereocenters. The van der Waals surface area contributed by atoms with Crippen molar-refractivity contribution in [2.24, 2.45) is 0 Å². The number of aryl methyl sites for hydroxylation is 1. The molecule has 3 rings (SSSR count). The Kier molecular flexibility index (Phi) is 9.11. The van der Waals surface area contributed by atoms with Crippen LogP contribution in [0.5, 0.6) is 5.75 Å². The molecule has 0 aliphatic heterocycles. The van der Waals surface area contributed by atoms with Crippen LogP contribution in [0.2, 0.25) is 5.02 Å². The number of benzene rings is 3. The van der Waals surface area contributed by atoms with Crippen LogP contribution in [-0.4, -0.2) is 35.4 Å². The molecule has 0 aliphatic carbocycles. The van der Waals surface area contributed by atoms with E-state index >= 15 is 0 Å². The molecule has 34 heavy (non-hydrogen) atoms. The number of ether oxygens (including phenoxy) is 1. The maximum atomic E-state index is 13.5. The zero-order chi connectivity index (χ0) is 24.5. The van der Waals surface area contributed by atoms with Gasteiger partial charge in [-0.2, -0.15) is 0 Å². The number of carbonyl (C=O) groups is 2. The summed E-state index contributed by atoms with van der Waals surface area (Å²) in [5.74, 6) is 0.0881. The van der Waals surface area contributed by atoms with Crippen molar-refractivity contribution in [1.82, 2.24) is 10.2 Å². The van der Waals surface area contributed by atoms with Crippen molar-refractivity contribution in [2.45, 2.75) is 45.8 Å². The van der Waals surface area contributed by atoms with Crippen molar-refractivity contribution in [3.63, 3.8) is 0 Å². The Morgan fingerprint density at radius 3 is 2.24 bits per heavy atom. The summed E-state index contributed by atoms with van der Waals surface area (Å²) in [6.07, 6.45) is 0.401. The first-order chi connectivity index (χ1) is 16.3. The molecule has 0 bridgehead atoms. The van der Waals surface area contributed by atoms with E-state index in [1.807, 2.05) is 75.4 Å². The van der Waals surface area contributed by atoms with Gasteiger partial charge in [0.05, 0.1) is 0 Å². The van der Waals surface area contributed by atoms with E-state index in [-0.39, 0.29) is 24.5 Å². The predicted molar refractivity (Wildman–Crippen MR) is 136 cm³/mol. The maximum Gasteiger partial charge on any atom is 0.261 e. The van der Waals surface area contributed by atoms with Gasteiger partial charge in [0.2, 0.25) is 5.91 Å². The SMILES string of the molecule is Cc1ccccc1CN(C(=O)COc1ccc(Cl)cc1)[C@H](Cc1ccccc1)C(=O)NC(C)C. The fourth-order valence-electron chi connectivity index (χ4n) is 3.66. The van der Waals surface area contributed by atoms with Gasteiger partial charge in [0.15, 0.2) is 6.61 Å². The van der Waals surface area contributed by atoms with E-state index < -0.39 is 6.04 Å². The van der Waals surface area contributed by atoms with Gasteiger partial charge in [-0.1, -0.05) is 66.2 Å². The normalized spacial score (nSPS) is 11.7. The van der Waals surface area contributed by atoms with Crippen LogP contribution < -0.4 is 10.1 Å². The molecule has 0 fully saturated rings. The molecule has 178 valence electrons. The Bertz CT molecular complexity index is 1080. The van der Waals surface area contributed by atoms with E-state index in [9.17, 15) is 9.59 Å². The average Bonchev–Trinajstić information content (AvgIpc) is 2.82. The molecule has 0 aromatic heterocycles. The second-order valence-corrected chi connectivity index (χ2v) is 9.00. The first-order valence-corrected chi connectivity index (χ1v) is 11.8. The van der Waals surface area contributed by atoms with Crippen molar-refractivity contribution in [2.75, 3.05) is 6.61 Å². The number of halogens is 1. The van der Waals surface area contributed by atoms with Crippen LogP contribution in [0.3, 0.4) is 0 Å². The second kappa shape index (κ2) is 12.2. The largest absolute Gasteiger partial charge is 0.484 e. The first kappa shape index (κ1) is 25.3. The van der Waals surface area contributed by atoms with Crippen molar-refractivity contribution in [3.8, 4) is 5.75 Å². The quantitative estimate of drug-likeness (QED) is 0.436. The van der Waals surface area contributed by atoms with Gasteiger partial charge in [0.1, 0.15) is 11.8 Å². The van der Waals surface area contributed by atoms with Crippen molar-refractivity contribution < 1.29 is 14.3 Å². The van der Waals surface area contributed by atoms with Gasteiger partial charge in [0, 0.05) is 24.0 Å². The third-order valence-corrected chi connectivity index (χ3v) is 5.73. The minimum absolute atomic E-state index is 0.0495. The molecule has 3 aromatic rings. The minimum atomic E-state index is -0.689. The minimum Gasteiger partial charge on any atom is -0.484 e. The Morgan fingerprint density at radius 2 is 1.59 bits per heavy atom. The summed E-state index contributed by atoms with van der Waals surface area (Å²) in [5, 5.41) is 3.58. The number of carbonyl (C=O) groups excluding carboxylic acids is 2. The Labute approximate surface area is 206 Å². The fourth-order valence-corrected chi connectivity index (χ4v) is 3.79. The van der Waals surface area contributed by atoms with Crippen LogP contribution in [0.25, 0.3) is 0 Å². The Morgan fingerprint density at radius 1 is 0.941 bits per heavy atom. The van der Waals surface area contributed by atoms with E-state index in [2.05, 4.69) is 5.32 Å². The highest BCUT2D eigenvalue weighted by atomic mass is 35.5. The van der Waals surface area contributed by atoms with Crippen LogP contribution >= 0.6 is 11.6 Å². The molecule has 5 nitrogen and oxygen atoms in total.